The highest BCUT2D eigenvalue weighted by Crippen LogP contribution is 2.31. The molecule has 5 rings (SSSR count). The van der Waals surface area contributed by atoms with E-state index in [1.807, 2.05) is 34.9 Å². The number of halogens is 2. The fourth-order valence-corrected chi connectivity index (χ4v) is 4.23. The van der Waals surface area contributed by atoms with Gasteiger partial charge in [-0.05, 0) is 43.1 Å². The fraction of sp³-hybridized carbons (Fsp3) is 0.368. The smallest absolute Gasteiger partial charge is 0.263 e. The van der Waals surface area contributed by atoms with Crippen molar-refractivity contribution in [2.75, 3.05) is 13.1 Å². The van der Waals surface area contributed by atoms with Gasteiger partial charge in [-0.2, -0.15) is 0 Å². The minimum Gasteiger partial charge on any atom is -0.345 e. The Balaban J connectivity index is 0.00000120. The molecule has 0 unspecified atom stereocenters. The first-order valence-electron chi connectivity index (χ1n) is 9.22. The number of carbonyl (C=O) groups is 1. The molecule has 1 saturated heterocycles. The maximum absolute atomic E-state index is 12.9. The molecule has 154 valence electrons. The number of pyridine rings is 2. The molecule has 0 radical (unpaired) electrons. The van der Waals surface area contributed by atoms with Crippen LogP contribution >= 0.6 is 24.8 Å². The molecular weight excluding hydrogens is 415 g/mol. The van der Waals surface area contributed by atoms with E-state index in [4.69, 9.17) is 0 Å². The Morgan fingerprint density at radius 3 is 2.90 bits per heavy atom. The molecule has 3 aromatic rings. The Morgan fingerprint density at radius 1 is 1.17 bits per heavy atom. The van der Waals surface area contributed by atoms with E-state index in [1.54, 1.807) is 10.6 Å². The summed E-state index contributed by atoms with van der Waals surface area (Å²) >= 11 is 0. The van der Waals surface area contributed by atoms with Gasteiger partial charge in [0, 0.05) is 30.9 Å². The van der Waals surface area contributed by atoms with Crippen molar-refractivity contribution in [3.05, 3.63) is 64.0 Å². The zero-order chi connectivity index (χ0) is 18.4. The first kappa shape index (κ1) is 21.3. The number of hydrogen-bond donors (Lipinski definition) is 2. The van der Waals surface area contributed by atoms with Gasteiger partial charge in [-0.15, -0.1) is 35.0 Å². The SMILES string of the molecule is Cl.Cl.O=C(NCc1nnc2ccccn12)c1ccc2n(c1=O)C[C@@H]1CNC[C@H]2C1. The van der Waals surface area contributed by atoms with Crippen molar-refractivity contribution in [3.8, 4) is 0 Å². The Labute approximate surface area is 179 Å². The Morgan fingerprint density at radius 2 is 2.03 bits per heavy atom. The van der Waals surface area contributed by atoms with Gasteiger partial charge in [0.2, 0.25) is 0 Å². The molecular formula is C19H22Cl2N6O2. The van der Waals surface area contributed by atoms with Crippen molar-refractivity contribution in [1.82, 2.24) is 29.8 Å². The maximum atomic E-state index is 12.9. The van der Waals surface area contributed by atoms with Crippen LogP contribution in [-0.2, 0) is 13.1 Å². The van der Waals surface area contributed by atoms with Crippen molar-refractivity contribution in [1.29, 1.82) is 0 Å². The van der Waals surface area contributed by atoms with E-state index in [2.05, 4.69) is 20.8 Å². The molecule has 0 saturated carbocycles. The van der Waals surface area contributed by atoms with Crippen molar-refractivity contribution >= 4 is 36.4 Å². The third kappa shape index (κ3) is 3.75. The molecule has 2 aliphatic heterocycles. The minimum absolute atomic E-state index is 0. The number of aromatic nitrogens is 4. The van der Waals surface area contributed by atoms with E-state index in [0.717, 1.165) is 30.9 Å². The number of nitrogens with zero attached hydrogens (tertiary/aromatic N) is 4. The molecule has 1 amide bonds. The van der Waals surface area contributed by atoms with Crippen LogP contribution in [0, 0.1) is 5.92 Å². The van der Waals surface area contributed by atoms with Gasteiger partial charge in [-0.25, -0.2) is 0 Å². The zero-order valence-corrected chi connectivity index (χ0v) is 17.2. The number of rotatable bonds is 3. The summed E-state index contributed by atoms with van der Waals surface area (Å²) in [5, 5.41) is 14.4. The number of piperidine rings is 1. The Hall–Kier alpha value is -2.42. The average molecular weight is 437 g/mol. The van der Waals surface area contributed by atoms with Crippen LogP contribution in [0.3, 0.4) is 0 Å². The van der Waals surface area contributed by atoms with Crippen LogP contribution in [-0.4, -0.2) is 38.2 Å². The van der Waals surface area contributed by atoms with Crippen LogP contribution in [0.25, 0.3) is 5.65 Å². The quantitative estimate of drug-likeness (QED) is 0.646. The predicted molar refractivity (Wildman–Crippen MR) is 113 cm³/mol. The monoisotopic (exact) mass is 436 g/mol. The molecule has 3 aromatic heterocycles. The second-order valence-electron chi connectivity index (χ2n) is 7.27. The first-order valence-corrected chi connectivity index (χ1v) is 9.22. The van der Waals surface area contributed by atoms with E-state index in [0.29, 0.717) is 24.2 Å². The van der Waals surface area contributed by atoms with Crippen LogP contribution in [0.1, 0.15) is 34.2 Å². The number of amides is 1. The highest BCUT2D eigenvalue weighted by atomic mass is 35.5. The summed E-state index contributed by atoms with van der Waals surface area (Å²) in [5.41, 5.74) is 1.73. The lowest BCUT2D eigenvalue weighted by Crippen LogP contribution is -2.46. The molecule has 10 heteroatoms. The number of fused-ring (bicyclic) bond motifs is 5. The highest BCUT2D eigenvalue weighted by Gasteiger charge is 2.31. The second-order valence-corrected chi connectivity index (χ2v) is 7.27. The standard InChI is InChI=1S/C19H20N6O2.2ClH/c26-18(21-10-17-23-22-16-3-1-2-6-24(16)17)14-4-5-15-13-7-12(8-20-9-13)11-25(15)19(14)27;;/h1-6,12-13,20H,7-11H2,(H,21,26);2*1H/t12-,13+;;/m0../s1. The van der Waals surface area contributed by atoms with Gasteiger partial charge in [0.05, 0.1) is 6.54 Å². The molecule has 1 fully saturated rings. The maximum Gasteiger partial charge on any atom is 0.263 e. The molecule has 0 aromatic carbocycles. The van der Waals surface area contributed by atoms with Crippen molar-refractivity contribution in [3.63, 3.8) is 0 Å². The summed E-state index contributed by atoms with van der Waals surface area (Å²) in [6.45, 7) is 2.70. The largest absolute Gasteiger partial charge is 0.345 e. The van der Waals surface area contributed by atoms with E-state index < -0.39 is 0 Å². The topological polar surface area (TPSA) is 93.3 Å². The summed E-state index contributed by atoms with van der Waals surface area (Å²) in [4.78, 5) is 25.5. The zero-order valence-electron chi connectivity index (χ0n) is 15.6. The molecule has 2 atom stereocenters. The highest BCUT2D eigenvalue weighted by molar-refractivity contribution is 5.93. The average Bonchev–Trinajstić information content (AvgIpc) is 3.10. The van der Waals surface area contributed by atoms with Crippen molar-refractivity contribution in [2.45, 2.75) is 25.4 Å². The number of carbonyl (C=O) groups excluding carboxylic acids is 1. The van der Waals surface area contributed by atoms with Crippen molar-refractivity contribution in [2.24, 2.45) is 5.92 Å². The molecule has 2 aliphatic rings. The summed E-state index contributed by atoms with van der Waals surface area (Å²) in [6.07, 6.45) is 2.95. The van der Waals surface area contributed by atoms with E-state index in [9.17, 15) is 9.59 Å². The lowest BCUT2D eigenvalue weighted by atomic mass is 9.84. The molecule has 2 N–H and O–H groups in total. The third-order valence-corrected chi connectivity index (χ3v) is 5.54. The molecule has 2 bridgehead atoms. The van der Waals surface area contributed by atoms with Gasteiger partial charge >= 0.3 is 0 Å². The molecule has 8 nitrogen and oxygen atoms in total. The summed E-state index contributed by atoms with van der Waals surface area (Å²) in [6, 6.07) is 9.19. The first-order chi connectivity index (χ1) is 13.2. The number of nitrogens with one attached hydrogen (secondary N) is 2. The summed E-state index contributed by atoms with van der Waals surface area (Å²) < 4.78 is 3.61. The normalized spacial score (nSPS) is 19.6. The van der Waals surface area contributed by atoms with Gasteiger partial charge in [0.1, 0.15) is 5.56 Å². The van der Waals surface area contributed by atoms with Gasteiger partial charge < -0.3 is 15.2 Å². The second kappa shape index (κ2) is 8.52. The molecule has 0 spiro atoms. The lowest BCUT2D eigenvalue weighted by Gasteiger charge is -2.37. The van der Waals surface area contributed by atoms with Crippen LogP contribution in [0.4, 0.5) is 0 Å². The van der Waals surface area contributed by atoms with Crippen LogP contribution in [0.15, 0.2) is 41.3 Å². The van der Waals surface area contributed by atoms with Gasteiger partial charge in [0.15, 0.2) is 11.5 Å². The minimum atomic E-state index is -0.378. The predicted octanol–water partition coefficient (Wildman–Crippen LogP) is 1.37. The van der Waals surface area contributed by atoms with E-state index >= 15 is 0 Å². The Kier molecular flexibility index (Phi) is 6.26. The fourth-order valence-electron chi connectivity index (χ4n) is 4.23. The summed E-state index contributed by atoms with van der Waals surface area (Å²) in [5.74, 6) is 1.05. The number of hydrogen-bond acceptors (Lipinski definition) is 5. The van der Waals surface area contributed by atoms with E-state index in [1.165, 1.54) is 0 Å². The van der Waals surface area contributed by atoms with Crippen LogP contribution < -0.4 is 16.2 Å². The third-order valence-electron chi connectivity index (χ3n) is 5.54. The summed E-state index contributed by atoms with van der Waals surface area (Å²) in [7, 11) is 0. The molecule has 29 heavy (non-hydrogen) atoms. The molecule has 0 aliphatic carbocycles. The van der Waals surface area contributed by atoms with Gasteiger partial charge in [-0.3, -0.25) is 14.0 Å². The van der Waals surface area contributed by atoms with Gasteiger partial charge in [-0.1, -0.05) is 6.07 Å². The molecule has 5 heterocycles. The lowest BCUT2D eigenvalue weighted by molar-refractivity contribution is 0.0947. The van der Waals surface area contributed by atoms with Crippen molar-refractivity contribution < 1.29 is 4.79 Å². The van der Waals surface area contributed by atoms with Gasteiger partial charge in [0.25, 0.3) is 11.5 Å². The Bertz CT molecular complexity index is 1100. The van der Waals surface area contributed by atoms with Crippen LogP contribution in [0.5, 0.6) is 0 Å². The van der Waals surface area contributed by atoms with E-state index in [-0.39, 0.29) is 48.4 Å². The van der Waals surface area contributed by atoms with Crippen LogP contribution in [0.2, 0.25) is 0 Å².